The Kier molecular flexibility index (Phi) is 5.01. The molecule has 94 valence electrons. The van der Waals surface area contributed by atoms with Crippen molar-refractivity contribution in [3.8, 4) is 0 Å². The van der Waals surface area contributed by atoms with E-state index in [9.17, 15) is 4.79 Å². The molecule has 0 amide bonds. The van der Waals surface area contributed by atoms with Crippen molar-refractivity contribution in [2.45, 2.75) is 38.2 Å². The lowest BCUT2D eigenvalue weighted by Gasteiger charge is -2.19. The lowest BCUT2D eigenvalue weighted by atomic mass is 10.2. The van der Waals surface area contributed by atoms with Gasteiger partial charge in [0.05, 0.1) is 0 Å². The fourth-order valence-corrected chi connectivity index (χ4v) is 2.44. The summed E-state index contributed by atoms with van der Waals surface area (Å²) in [5, 5.41) is 0. The molecule has 0 aliphatic rings. The first-order valence-corrected chi connectivity index (χ1v) is 7.13. The van der Waals surface area contributed by atoms with E-state index in [1.807, 2.05) is 33.8 Å². The molecule has 0 aliphatic heterocycles. The standard InChI is InChI=1S/C12H16BrNO2S/c1-5-17-9-6-8(13)7-14-10(9)11(15)16-12(2,3)4/h6-7H,5H2,1-4H3. The fraction of sp³-hybridized carbons (Fsp3) is 0.500. The topological polar surface area (TPSA) is 39.2 Å². The summed E-state index contributed by atoms with van der Waals surface area (Å²) in [5.74, 6) is 0.509. The van der Waals surface area contributed by atoms with E-state index in [2.05, 4.69) is 20.9 Å². The third-order valence-electron chi connectivity index (χ3n) is 1.71. The van der Waals surface area contributed by atoms with Gasteiger partial charge in [0.15, 0.2) is 5.69 Å². The zero-order chi connectivity index (χ0) is 13.1. The molecule has 3 nitrogen and oxygen atoms in total. The molecular formula is C12H16BrNO2S. The van der Waals surface area contributed by atoms with E-state index in [0.29, 0.717) is 5.69 Å². The Morgan fingerprint density at radius 3 is 2.71 bits per heavy atom. The molecule has 0 spiro atoms. The van der Waals surface area contributed by atoms with Crippen molar-refractivity contribution in [1.29, 1.82) is 0 Å². The minimum atomic E-state index is -0.500. The molecular weight excluding hydrogens is 302 g/mol. The Bertz CT molecular complexity index is 415. The molecule has 0 atom stereocenters. The van der Waals surface area contributed by atoms with Gasteiger partial charge in [-0.1, -0.05) is 6.92 Å². The highest BCUT2D eigenvalue weighted by Crippen LogP contribution is 2.26. The van der Waals surface area contributed by atoms with E-state index < -0.39 is 5.60 Å². The number of hydrogen-bond acceptors (Lipinski definition) is 4. The predicted molar refractivity (Wildman–Crippen MR) is 73.5 cm³/mol. The average Bonchev–Trinajstić information content (AvgIpc) is 2.15. The Hall–Kier alpha value is -0.550. The van der Waals surface area contributed by atoms with Crippen LogP contribution in [0, 0.1) is 0 Å². The van der Waals surface area contributed by atoms with Crippen LogP contribution in [0.4, 0.5) is 0 Å². The molecule has 0 fully saturated rings. The van der Waals surface area contributed by atoms with Crippen LogP contribution in [-0.4, -0.2) is 22.3 Å². The SMILES string of the molecule is CCSc1cc(Br)cnc1C(=O)OC(C)(C)C. The summed E-state index contributed by atoms with van der Waals surface area (Å²) in [6, 6.07) is 1.89. The van der Waals surface area contributed by atoms with Crippen LogP contribution < -0.4 is 0 Å². The van der Waals surface area contributed by atoms with Gasteiger partial charge in [-0.05, 0) is 48.5 Å². The first-order chi connectivity index (χ1) is 7.83. The van der Waals surface area contributed by atoms with Gasteiger partial charge >= 0.3 is 5.97 Å². The molecule has 1 aromatic heterocycles. The van der Waals surface area contributed by atoms with Crippen LogP contribution in [0.2, 0.25) is 0 Å². The second-order valence-corrected chi connectivity index (χ2v) is 6.66. The quantitative estimate of drug-likeness (QED) is 0.626. The van der Waals surface area contributed by atoms with Crippen LogP contribution >= 0.6 is 27.7 Å². The van der Waals surface area contributed by atoms with Crippen molar-refractivity contribution in [2.24, 2.45) is 0 Å². The molecule has 0 saturated carbocycles. The Morgan fingerprint density at radius 2 is 2.18 bits per heavy atom. The van der Waals surface area contributed by atoms with E-state index in [4.69, 9.17) is 4.74 Å². The third kappa shape index (κ3) is 4.68. The van der Waals surface area contributed by atoms with E-state index in [0.717, 1.165) is 15.1 Å². The smallest absolute Gasteiger partial charge is 0.358 e. The number of halogens is 1. The van der Waals surface area contributed by atoms with Gasteiger partial charge in [-0.2, -0.15) is 0 Å². The first-order valence-electron chi connectivity index (χ1n) is 5.35. The molecule has 1 rings (SSSR count). The number of esters is 1. The third-order valence-corrected chi connectivity index (χ3v) is 3.06. The summed E-state index contributed by atoms with van der Waals surface area (Å²) in [7, 11) is 0. The monoisotopic (exact) mass is 317 g/mol. The van der Waals surface area contributed by atoms with Crippen LogP contribution in [0.5, 0.6) is 0 Å². The van der Waals surface area contributed by atoms with Crippen molar-refractivity contribution >= 4 is 33.7 Å². The summed E-state index contributed by atoms with van der Waals surface area (Å²) in [5.41, 5.74) is -0.116. The summed E-state index contributed by atoms with van der Waals surface area (Å²) in [6.45, 7) is 7.56. The number of nitrogens with zero attached hydrogens (tertiary/aromatic N) is 1. The zero-order valence-electron chi connectivity index (χ0n) is 10.4. The van der Waals surface area contributed by atoms with Crippen LogP contribution in [0.15, 0.2) is 21.6 Å². The summed E-state index contributed by atoms with van der Waals surface area (Å²) >= 11 is 4.93. The minimum Gasteiger partial charge on any atom is -0.455 e. The van der Waals surface area contributed by atoms with Gasteiger partial charge in [0, 0.05) is 15.6 Å². The second kappa shape index (κ2) is 5.87. The van der Waals surface area contributed by atoms with Gasteiger partial charge in [-0.15, -0.1) is 11.8 Å². The Balaban J connectivity index is 3.00. The van der Waals surface area contributed by atoms with Crippen molar-refractivity contribution in [3.05, 3.63) is 22.4 Å². The Morgan fingerprint density at radius 1 is 1.53 bits per heavy atom. The number of thioether (sulfide) groups is 1. The molecule has 0 aromatic carbocycles. The van der Waals surface area contributed by atoms with E-state index in [1.54, 1.807) is 18.0 Å². The number of ether oxygens (including phenoxy) is 1. The minimum absolute atomic E-state index is 0.374. The molecule has 0 saturated heterocycles. The highest BCUT2D eigenvalue weighted by atomic mass is 79.9. The molecule has 0 radical (unpaired) electrons. The van der Waals surface area contributed by atoms with Crippen molar-refractivity contribution in [2.75, 3.05) is 5.75 Å². The lowest BCUT2D eigenvalue weighted by molar-refractivity contribution is 0.00585. The van der Waals surface area contributed by atoms with Gasteiger partial charge in [-0.3, -0.25) is 0 Å². The fourth-order valence-electron chi connectivity index (χ4n) is 1.17. The van der Waals surface area contributed by atoms with Gasteiger partial charge in [0.1, 0.15) is 5.60 Å². The van der Waals surface area contributed by atoms with Crippen LogP contribution in [0.1, 0.15) is 38.2 Å². The van der Waals surface area contributed by atoms with Gasteiger partial charge in [0.25, 0.3) is 0 Å². The second-order valence-electron chi connectivity index (χ2n) is 4.44. The highest BCUT2D eigenvalue weighted by molar-refractivity contribution is 9.10. The van der Waals surface area contributed by atoms with E-state index >= 15 is 0 Å². The molecule has 1 heterocycles. The molecule has 5 heteroatoms. The molecule has 0 bridgehead atoms. The van der Waals surface area contributed by atoms with Gasteiger partial charge < -0.3 is 4.74 Å². The van der Waals surface area contributed by atoms with Crippen LogP contribution in [0.3, 0.4) is 0 Å². The van der Waals surface area contributed by atoms with Crippen molar-refractivity contribution in [3.63, 3.8) is 0 Å². The number of aromatic nitrogens is 1. The maximum atomic E-state index is 12.0. The Labute approximate surface area is 114 Å². The van der Waals surface area contributed by atoms with E-state index in [-0.39, 0.29) is 5.97 Å². The maximum Gasteiger partial charge on any atom is 0.358 e. The van der Waals surface area contributed by atoms with E-state index in [1.165, 1.54) is 0 Å². The number of rotatable bonds is 3. The summed E-state index contributed by atoms with van der Waals surface area (Å²) in [4.78, 5) is 16.9. The van der Waals surface area contributed by atoms with Gasteiger partial charge in [-0.25, -0.2) is 9.78 Å². The van der Waals surface area contributed by atoms with Crippen LogP contribution in [0.25, 0.3) is 0 Å². The van der Waals surface area contributed by atoms with Crippen molar-refractivity contribution < 1.29 is 9.53 Å². The molecule has 1 aromatic rings. The number of pyridine rings is 1. The first kappa shape index (κ1) is 14.5. The number of hydrogen-bond donors (Lipinski definition) is 0. The summed E-state index contributed by atoms with van der Waals surface area (Å²) in [6.07, 6.45) is 1.61. The normalized spacial score (nSPS) is 11.4. The maximum absolute atomic E-state index is 12.0. The predicted octanol–water partition coefficient (Wildman–Crippen LogP) is 3.91. The molecule has 0 aliphatic carbocycles. The zero-order valence-corrected chi connectivity index (χ0v) is 12.8. The highest BCUT2D eigenvalue weighted by Gasteiger charge is 2.21. The number of carbonyl (C=O) groups excluding carboxylic acids is 1. The largest absolute Gasteiger partial charge is 0.455 e. The average molecular weight is 318 g/mol. The molecule has 0 N–H and O–H groups in total. The molecule has 17 heavy (non-hydrogen) atoms. The van der Waals surface area contributed by atoms with Crippen molar-refractivity contribution in [1.82, 2.24) is 4.98 Å². The summed E-state index contributed by atoms with van der Waals surface area (Å²) < 4.78 is 6.18. The molecule has 0 unspecified atom stereocenters. The van der Waals surface area contributed by atoms with Gasteiger partial charge in [0.2, 0.25) is 0 Å². The lowest BCUT2D eigenvalue weighted by Crippen LogP contribution is -2.24. The number of carbonyl (C=O) groups is 1. The van der Waals surface area contributed by atoms with Crippen LogP contribution in [-0.2, 0) is 4.74 Å².